The van der Waals surface area contributed by atoms with Crippen LogP contribution in [0.3, 0.4) is 0 Å². The Kier molecular flexibility index (Phi) is 5.30. The zero-order chi connectivity index (χ0) is 12.0. The monoisotopic (exact) mass is 240 g/mol. The maximum atomic E-state index is 5.81. The summed E-state index contributed by atoms with van der Waals surface area (Å²) in [6, 6.07) is 7.95. The lowest BCUT2D eigenvalue weighted by atomic mass is 9.93. The van der Waals surface area contributed by atoms with E-state index in [0.717, 1.165) is 31.1 Å². The average molecular weight is 241 g/mol. The van der Waals surface area contributed by atoms with Crippen LogP contribution in [-0.4, -0.2) is 13.2 Å². The topological polar surface area (TPSA) is 9.23 Å². The number of hydrogen-bond acceptors (Lipinski definition) is 1. The van der Waals surface area contributed by atoms with Crippen molar-refractivity contribution in [3.63, 3.8) is 0 Å². The van der Waals surface area contributed by atoms with E-state index in [1.54, 1.807) is 0 Å². The first-order valence-electron chi connectivity index (χ1n) is 5.79. The van der Waals surface area contributed by atoms with Crippen LogP contribution in [0.4, 0.5) is 0 Å². The Morgan fingerprint density at radius 2 is 1.69 bits per heavy atom. The summed E-state index contributed by atoms with van der Waals surface area (Å²) >= 11 is 5.81. The van der Waals surface area contributed by atoms with Gasteiger partial charge in [0.15, 0.2) is 0 Å². The van der Waals surface area contributed by atoms with E-state index in [9.17, 15) is 0 Å². The number of halogens is 1. The van der Waals surface area contributed by atoms with E-state index in [2.05, 4.69) is 32.9 Å². The molecule has 0 N–H and O–H groups in total. The molecule has 2 heteroatoms. The molecule has 0 fully saturated rings. The van der Waals surface area contributed by atoms with E-state index in [1.165, 1.54) is 5.56 Å². The Balaban J connectivity index is 2.14. The SMILES string of the molecule is CC(C)(C)CCOCCc1ccc(Cl)cc1. The van der Waals surface area contributed by atoms with Gasteiger partial charge in [-0.05, 0) is 36.0 Å². The maximum absolute atomic E-state index is 5.81. The van der Waals surface area contributed by atoms with Crippen LogP contribution in [0.5, 0.6) is 0 Å². The Bertz CT molecular complexity index is 298. The van der Waals surface area contributed by atoms with Crippen LogP contribution in [0.15, 0.2) is 24.3 Å². The average Bonchev–Trinajstić information content (AvgIpc) is 2.19. The molecule has 16 heavy (non-hydrogen) atoms. The largest absolute Gasteiger partial charge is 0.381 e. The third kappa shape index (κ3) is 6.14. The third-order valence-corrected chi connectivity index (χ3v) is 2.70. The highest BCUT2D eigenvalue weighted by Gasteiger charge is 2.08. The molecule has 0 saturated carbocycles. The van der Waals surface area contributed by atoms with Gasteiger partial charge in [0.05, 0.1) is 6.61 Å². The molecule has 1 aromatic rings. The lowest BCUT2D eigenvalue weighted by molar-refractivity contribution is 0.111. The summed E-state index contributed by atoms with van der Waals surface area (Å²) in [6.07, 6.45) is 2.06. The number of rotatable bonds is 5. The third-order valence-electron chi connectivity index (χ3n) is 2.44. The molecule has 0 heterocycles. The molecule has 0 atom stereocenters. The summed E-state index contributed by atoms with van der Waals surface area (Å²) in [6.45, 7) is 8.33. The smallest absolute Gasteiger partial charge is 0.0506 e. The van der Waals surface area contributed by atoms with Gasteiger partial charge >= 0.3 is 0 Å². The zero-order valence-electron chi connectivity index (χ0n) is 10.4. The molecule has 0 aromatic heterocycles. The first-order valence-corrected chi connectivity index (χ1v) is 6.17. The highest BCUT2D eigenvalue weighted by molar-refractivity contribution is 6.30. The number of ether oxygens (including phenoxy) is 1. The van der Waals surface area contributed by atoms with Crippen molar-refractivity contribution in [2.75, 3.05) is 13.2 Å². The van der Waals surface area contributed by atoms with Crippen LogP contribution in [0.1, 0.15) is 32.8 Å². The van der Waals surface area contributed by atoms with E-state index < -0.39 is 0 Å². The van der Waals surface area contributed by atoms with Crippen molar-refractivity contribution in [2.24, 2.45) is 5.41 Å². The highest BCUT2D eigenvalue weighted by Crippen LogP contribution is 2.18. The quantitative estimate of drug-likeness (QED) is 0.696. The van der Waals surface area contributed by atoms with Gasteiger partial charge in [-0.2, -0.15) is 0 Å². The fourth-order valence-electron chi connectivity index (χ4n) is 1.32. The van der Waals surface area contributed by atoms with Crippen molar-refractivity contribution in [3.8, 4) is 0 Å². The van der Waals surface area contributed by atoms with Gasteiger partial charge in [-0.25, -0.2) is 0 Å². The summed E-state index contributed by atoms with van der Waals surface area (Å²) in [4.78, 5) is 0. The summed E-state index contributed by atoms with van der Waals surface area (Å²) in [5, 5.41) is 0.789. The van der Waals surface area contributed by atoms with Gasteiger partial charge in [-0.1, -0.05) is 44.5 Å². The van der Waals surface area contributed by atoms with Crippen molar-refractivity contribution in [1.82, 2.24) is 0 Å². The van der Waals surface area contributed by atoms with E-state index >= 15 is 0 Å². The molecule has 0 aliphatic rings. The molecular formula is C14H21ClO. The second-order valence-electron chi connectivity index (χ2n) is 5.30. The van der Waals surface area contributed by atoms with E-state index in [0.29, 0.717) is 5.41 Å². The molecule has 1 nitrogen and oxygen atoms in total. The fraction of sp³-hybridized carbons (Fsp3) is 0.571. The summed E-state index contributed by atoms with van der Waals surface area (Å²) < 4.78 is 5.61. The van der Waals surface area contributed by atoms with Crippen molar-refractivity contribution in [2.45, 2.75) is 33.6 Å². The Labute approximate surface area is 104 Å². The van der Waals surface area contributed by atoms with Gasteiger partial charge in [-0.15, -0.1) is 0 Å². The van der Waals surface area contributed by atoms with Crippen LogP contribution in [0, 0.1) is 5.41 Å². The van der Waals surface area contributed by atoms with Crippen molar-refractivity contribution in [3.05, 3.63) is 34.9 Å². The second-order valence-corrected chi connectivity index (χ2v) is 5.74. The first-order chi connectivity index (χ1) is 7.47. The molecule has 0 saturated heterocycles. The van der Waals surface area contributed by atoms with Crippen LogP contribution < -0.4 is 0 Å². The van der Waals surface area contributed by atoms with Gasteiger partial charge in [0.1, 0.15) is 0 Å². The minimum atomic E-state index is 0.361. The molecule has 90 valence electrons. The summed E-state index contributed by atoms with van der Waals surface area (Å²) in [7, 11) is 0. The predicted molar refractivity (Wildman–Crippen MR) is 70.0 cm³/mol. The van der Waals surface area contributed by atoms with Crippen LogP contribution in [0.2, 0.25) is 5.02 Å². The Morgan fingerprint density at radius 1 is 1.06 bits per heavy atom. The standard InChI is InChI=1S/C14H21ClO/c1-14(2,3)9-11-16-10-8-12-4-6-13(15)7-5-12/h4-7H,8-11H2,1-3H3. The van der Waals surface area contributed by atoms with Gasteiger partial charge < -0.3 is 4.74 Å². The lowest BCUT2D eigenvalue weighted by Gasteiger charge is -2.17. The summed E-state index contributed by atoms with van der Waals surface area (Å²) in [5.41, 5.74) is 1.64. The van der Waals surface area contributed by atoms with Crippen LogP contribution >= 0.6 is 11.6 Å². The molecule has 1 rings (SSSR count). The molecule has 1 aromatic carbocycles. The number of hydrogen-bond donors (Lipinski definition) is 0. The molecular weight excluding hydrogens is 220 g/mol. The lowest BCUT2D eigenvalue weighted by Crippen LogP contribution is -2.10. The molecule has 0 aliphatic carbocycles. The molecule has 0 bridgehead atoms. The van der Waals surface area contributed by atoms with E-state index in [4.69, 9.17) is 16.3 Å². The van der Waals surface area contributed by atoms with Crippen LogP contribution in [-0.2, 0) is 11.2 Å². The van der Waals surface area contributed by atoms with Crippen molar-refractivity contribution < 1.29 is 4.74 Å². The van der Waals surface area contributed by atoms with Gasteiger partial charge in [0.2, 0.25) is 0 Å². The van der Waals surface area contributed by atoms with Crippen molar-refractivity contribution >= 4 is 11.6 Å². The molecule has 0 unspecified atom stereocenters. The van der Waals surface area contributed by atoms with Gasteiger partial charge in [0, 0.05) is 11.6 Å². The maximum Gasteiger partial charge on any atom is 0.0506 e. The van der Waals surface area contributed by atoms with E-state index in [-0.39, 0.29) is 0 Å². The van der Waals surface area contributed by atoms with Crippen molar-refractivity contribution in [1.29, 1.82) is 0 Å². The zero-order valence-corrected chi connectivity index (χ0v) is 11.2. The molecule has 0 amide bonds. The minimum Gasteiger partial charge on any atom is -0.381 e. The molecule has 0 spiro atoms. The second kappa shape index (κ2) is 6.27. The highest BCUT2D eigenvalue weighted by atomic mass is 35.5. The first kappa shape index (κ1) is 13.5. The predicted octanol–water partition coefficient (Wildman–Crippen LogP) is 4.34. The fourth-order valence-corrected chi connectivity index (χ4v) is 1.45. The van der Waals surface area contributed by atoms with E-state index in [1.807, 2.05) is 12.1 Å². The molecule has 0 aliphatic heterocycles. The van der Waals surface area contributed by atoms with Gasteiger partial charge in [-0.3, -0.25) is 0 Å². The number of benzene rings is 1. The minimum absolute atomic E-state index is 0.361. The Hall–Kier alpha value is -0.530. The summed E-state index contributed by atoms with van der Waals surface area (Å²) in [5.74, 6) is 0. The Morgan fingerprint density at radius 3 is 2.25 bits per heavy atom. The molecule has 0 radical (unpaired) electrons. The van der Waals surface area contributed by atoms with Gasteiger partial charge in [0.25, 0.3) is 0 Å². The normalized spacial score (nSPS) is 11.8. The van der Waals surface area contributed by atoms with Crippen LogP contribution in [0.25, 0.3) is 0 Å².